The highest BCUT2D eigenvalue weighted by atomic mass is 35.5. The molecule has 2 atom stereocenters. The van der Waals surface area contributed by atoms with E-state index in [1.165, 1.54) is 4.88 Å². The Hall–Kier alpha value is -0.870. The van der Waals surface area contributed by atoms with Crippen LogP contribution in [0.4, 0.5) is 0 Å². The van der Waals surface area contributed by atoms with E-state index >= 15 is 0 Å². The number of benzene rings is 1. The molecule has 0 aliphatic rings. The Balaban J connectivity index is 1.86. The van der Waals surface area contributed by atoms with Gasteiger partial charge in [0.25, 0.3) is 0 Å². The van der Waals surface area contributed by atoms with Gasteiger partial charge in [0, 0.05) is 22.5 Å². The fraction of sp³-hybridized carbons (Fsp3) is 0.375. The Kier molecular flexibility index (Phi) is 5.61. The zero-order chi connectivity index (χ0) is 14.5. The van der Waals surface area contributed by atoms with Crippen molar-refractivity contribution in [1.82, 2.24) is 4.90 Å². The monoisotopic (exact) mass is 309 g/mol. The molecule has 0 amide bonds. The number of hydrogen-bond donors (Lipinski definition) is 1. The molecule has 0 bridgehead atoms. The van der Waals surface area contributed by atoms with Gasteiger partial charge < -0.3 is 5.11 Å². The Labute approximate surface area is 129 Å². The van der Waals surface area contributed by atoms with Crippen LogP contribution in [0.25, 0.3) is 0 Å². The lowest BCUT2D eigenvalue weighted by atomic mass is 10.1. The molecule has 1 aromatic heterocycles. The molecule has 0 saturated heterocycles. The predicted octanol–water partition coefficient (Wildman–Crippen LogP) is 4.52. The molecule has 0 aliphatic heterocycles. The molecule has 4 heteroatoms. The second-order valence-corrected chi connectivity index (χ2v) is 6.44. The summed E-state index contributed by atoms with van der Waals surface area (Å²) in [4.78, 5) is 3.62. The van der Waals surface area contributed by atoms with Gasteiger partial charge in [-0.15, -0.1) is 11.3 Å². The standard InChI is InChI=1S/C16H20ClNOS/c1-12(16-4-3-11-20-16)18(2)10-9-15(19)13-5-7-14(17)8-6-13/h3-8,11-12,15,19H,9-10H2,1-2H3. The third-order valence-corrected chi connectivity index (χ3v) is 4.92. The van der Waals surface area contributed by atoms with Gasteiger partial charge in [-0.1, -0.05) is 29.8 Å². The highest BCUT2D eigenvalue weighted by molar-refractivity contribution is 7.10. The van der Waals surface area contributed by atoms with Crippen LogP contribution >= 0.6 is 22.9 Å². The van der Waals surface area contributed by atoms with Crippen molar-refractivity contribution in [3.63, 3.8) is 0 Å². The second-order valence-electron chi connectivity index (χ2n) is 5.03. The van der Waals surface area contributed by atoms with E-state index in [-0.39, 0.29) is 0 Å². The maximum absolute atomic E-state index is 10.2. The molecule has 2 nitrogen and oxygen atoms in total. The first kappa shape index (κ1) is 15.5. The van der Waals surface area contributed by atoms with Gasteiger partial charge in [-0.2, -0.15) is 0 Å². The van der Waals surface area contributed by atoms with E-state index in [1.54, 1.807) is 11.3 Å². The number of aliphatic hydroxyl groups is 1. The molecule has 0 radical (unpaired) electrons. The van der Waals surface area contributed by atoms with Crippen LogP contribution in [-0.4, -0.2) is 23.6 Å². The van der Waals surface area contributed by atoms with E-state index in [0.717, 1.165) is 12.1 Å². The fourth-order valence-electron chi connectivity index (χ4n) is 2.12. The summed E-state index contributed by atoms with van der Waals surface area (Å²) in [5.41, 5.74) is 0.923. The molecule has 1 aromatic carbocycles. The summed E-state index contributed by atoms with van der Waals surface area (Å²) in [5, 5.41) is 13.0. The van der Waals surface area contributed by atoms with Gasteiger partial charge in [0.1, 0.15) is 0 Å². The molecule has 1 heterocycles. The number of thiophene rings is 1. The van der Waals surface area contributed by atoms with Gasteiger partial charge in [0.15, 0.2) is 0 Å². The smallest absolute Gasteiger partial charge is 0.0802 e. The molecular weight excluding hydrogens is 290 g/mol. The highest BCUT2D eigenvalue weighted by Gasteiger charge is 2.14. The summed E-state index contributed by atoms with van der Waals surface area (Å²) in [5.74, 6) is 0. The summed E-state index contributed by atoms with van der Waals surface area (Å²) in [7, 11) is 2.10. The van der Waals surface area contributed by atoms with E-state index in [9.17, 15) is 5.11 Å². The van der Waals surface area contributed by atoms with Crippen molar-refractivity contribution in [2.45, 2.75) is 25.5 Å². The molecule has 0 aliphatic carbocycles. The van der Waals surface area contributed by atoms with E-state index in [4.69, 9.17) is 11.6 Å². The molecule has 0 spiro atoms. The summed E-state index contributed by atoms with van der Waals surface area (Å²) >= 11 is 7.63. The Morgan fingerprint density at radius 2 is 1.95 bits per heavy atom. The minimum Gasteiger partial charge on any atom is -0.388 e. The van der Waals surface area contributed by atoms with Crippen LogP contribution in [0.5, 0.6) is 0 Å². The van der Waals surface area contributed by atoms with E-state index in [2.05, 4.69) is 36.4 Å². The number of hydrogen-bond acceptors (Lipinski definition) is 3. The van der Waals surface area contributed by atoms with Crippen molar-refractivity contribution in [3.8, 4) is 0 Å². The van der Waals surface area contributed by atoms with Crippen molar-refractivity contribution in [3.05, 3.63) is 57.2 Å². The maximum atomic E-state index is 10.2. The van der Waals surface area contributed by atoms with Crippen molar-refractivity contribution in [2.75, 3.05) is 13.6 Å². The molecular formula is C16H20ClNOS. The third-order valence-electron chi connectivity index (χ3n) is 3.63. The summed E-state index contributed by atoms with van der Waals surface area (Å²) in [6, 6.07) is 12.0. The lowest BCUT2D eigenvalue weighted by Crippen LogP contribution is -2.24. The number of rotatable bonds is 6. The zero-order valence-corrected chi connectivity index (χ0v) is 13.4. The van der Waals surface area contributed by atoms with Crippen molar-refractivity contribution < 1.29 is 5.11 Å². The van der Waals surface area contributed by atoms with Crippen molar-refractivity contribution in [1.29, 1.82) is 0 Å². The van der Waals surface area contributed by atoms with Gasteiger partial charge in [-0.25, -0.2) is 0 Å². The van der Waals surface area contributed by atoms with Crippen LogP contribution in [0.15, 0.2) is 41.8 Å². The largest absolute Gasteiger partial charge is 0.388 e. The number of aliphatic hydroxyl groups excluding tert-OH is 1. The Morgan fingerprint density at radius 3 is 2.55 bits per heavy atom. The van der Waals surface area contributed by atoms with Crippen LogP contribution in [0.1, 0.15) is 35.9 Å². The first-order valence-electron chi connectivity index (χ1n) is 6.75. The SMILES string of the molecule is CC(c1cccs1)N(C)CCC(O)c1ccc(Cl)cc1. The van der Waals surface area contributed by atoms with E-state index in [1.807, 2.05) is 24.3 Å². The third kappa shape index (κ3) is 4.06. The van der Waals surface area contributed by atoms with Crippen molar-refractivity contribution >= 4 is 22.9 Å². The minimum atomic E-state index is -0.440. The zero-order valence-electron chi connectivity index (χ0n) is 11.8. The molecule has 0 saturated carbocycles. The lowest BCUT2D eigenvalue weighted by molar-refractivity contribution is 0.139. The molecule has 108 valence electrons. The van der Waals surface area contributed by atoms with Gasteiger partial charge in [-0.3, -0.25) is 4.90 Å². The first-order chi connectivity index (χ1) is 9.58. The number of halogens is 1. The van der Waals surface area contributed by atoms with Gasteiger partial charge >= 0.3 is 0 Å². The molecule has 2 rings (SSSR count). The van der Waals surface area contributed by atoms with Crippen LogP contribution in [-0.2, 0) is 0 Å². The average Bonchev–Trinajstić information content (AvgIpc) is 2.98. The fourth-order valence-corrected chi connectivity index (χ4v) is 3.09. The highest BCUT2D eigenvalue weighted by Crippen LogP contribution is 2.25. The maximum Gasteiger partial charge on any atom is 0.0802 e. The first-order valence-corrected chi connectivity index (χ1v) is 8.01. The minimum absolute atomic E-state index is 0.382. The Morgan fingerprint density at radius 1 is 1.25 bits per heavy atom. The topological polar surface area (TPSA) is 23.5 Å². The lowest BCUT2D eigenvalue weighted by Gasteiger charge is -2.25. The second kappa shape index (κ2) is 7.23. The van der Waals surface area contributed by atoms with Crippen LogP contribution in [0.2, 0.25) is 5.02 Å². The summed E-state index contributed by atoms with van der Waals surface area (Å²) < 4.78 is 0. The number of nitrogens with zero attached hydrogens (tertiary/aromatic N) is 1. The summed E-state index contributed by atoms with van der Waals surface area (Å²) in [6.45, 7) is 3.05. The van der Waals surface area contributed by atoms with E-state index in [0.29, 0.717) is 17.5 Å². The van der Waals surface area contributed by atoms with Crippen LogP contribution < -0.4 is 0 Å². The predicted molar refractivity (Wildman–Crippen MR) is 86.4 cm³/mol. The molecule has 2 unspecified atom stereocenters. The summed E-state index contributed by atoms with van der Waals surface area (Å²) in [6.07, 6.45) is 0.277. The van der Waals surface area contributed by atoms with Gasteiger partial charge in [0.2, 0.25) is 0 Å². The molecule has 20 heavy (non-hydrogen) atoms. The average molecular weight is 310 g/mol. The van der Waals surface area contributed by atoms with Gasteiger partial charge in [-0.05, 0) is 49.5 Å². The quantitative estimate of drug-likeness (QED) is 0.848. The Bertz CT molecular complexity index is 512. The van der Waals surface area contributed by atoms with E-state index < -0.39 is 6.10 Å². The van der Waals surface area contributed by atoms with Gasteiger partial charge in [0.05, 0.1) is 6.10 Å². The molecule has 1 N–H and O–H groups in total. The molecule has 2 aromatic rings. The van der Waals surface area contributed by atoms with Crippen LogP contribution in [0.3, 0.4) is 0 Å². The normalized spacial score (nSPS) is 14.4. The molecule has 0 fully saturated rings. The van der Waals surface area contributed by atoms with Crippen molar-refractivity contribution in [2.24, 2.45) is 0 Å². The van der Waals surface area contributed by atoms with Crippen LogP contribution in [0, 0.1) is 0 Å².